The Morgan fingerprint density at radius 2 is 2.05 bits per heavy atom. The van der Waals surface area contributed by atoms with E-state index in [0.29, 0.717) is 5.69 Å². The van der Waals surface area contributed by atoms with Crippen LogP contribution < -0.4 is 10.6 Å². The fraction of sp³-hybridized carbons (Fsp3) is 0.154. The number of carbonyl (C=O) groups excluding carboxylic acids is 2. The number of nitriles is 1. The molecule has 1 aromatic carbocycles. The molecule has 1 aliphatic rings. The second-order valence-corrected chi connectivity index (χ2v) is 5.40. The van der Waals surface area contributed by atoms with Crippen molar-refractivity contribution in [3.63, 3.8) is 0 Å². The molecule has 2 N–H and O–H groups in total. The summed E-state index contributed by atoms with van der Waals surface area (Å²) in [4.78, 5) is 24.7. The SMILES string of the molecule is CC1S/C(=C(/C#N)C(N)=O)N(c2ccc(F)cc2)C1=O. The maximum atomic E-state index is 13.0. The summed E-state index contributed by atoms with van der Waals surface area (Å²) in [6.07, 6.45) is 0. The number of primary amides is 1. The van der Waals surface area contributed by atoms with Gasteiger partial charge in [-0.25, -0.2) is 4.39 Å². The van der Waals surface area contributed by atoms with Crippen LogP contribution in [0.15, 0.2) is 34.9 Å². The number of thioether (sulfide) groups is 1. The van der Waals surface area contributed by atoms with Crippen LogP contribution in [0, 0.1) is 17.1 Å². The largest absolute Gasteiger partial charge is 0.365 e. The van der Waals surface area contributed by atoms with E-state index in [1.165, 1.54) is 29.2 Å². The smallest absolute Gasteiger partial charge is 0.262 e. The molecule has 7 heteroatoms. The third-order valence-electron chi connectivity index (χ3n) is 2.72. The molecule has 5 nitrogen and oxygen atoms in total. The maximum absolute atomic E-state index is 13.0. The first kappa shape index (κ1) is 14.1. The Morgan fingerprint density at radius 3 is 2.55 bits per heavy atom. The number of halogens is 1. The van der Waals surface area contributed by atoms with Crippen LogP contribution in [0.1, 0.15) is 6.92 Å². The number of amides is 2. The van der Waals surface area contributed by atoms with Gasteiger partial charge >= 0.3 is 0 Å². The lowest BCUT2D eigenvalue weighted by atomic mass is 10.2. The first-order valence-electron chi connectivity index (χ1n) is 5.66. The van der Waals surface area contributed by atoms with Gasteiger partial charge in [0.15, 0.2) is 0 Å². The Bertz CT molecular complexity index is 649. The molecule has 0 saturated carbocycles. The Labute approximate surface area is 118 Å². The molecule has 1 heterocycles. The molecule has 1 fully saturated rings. The molecule has 0 aromatic heterocycles. The van der Waals surface area contributed by atoms with Crippen LogP contribution in [-0.2, 0) is 9.59 Å². The van der Waals surface area contributed by atoms with Crippen molar-refractivity contribution < 1.29 is 14.0 Å². The third-order valence-corrected chi connectivity index (χ3v) is 3.88. The maximum Gasteiger partial charge on any atom is 0.262 e. The minimum absolute atomic E-state index is 0.184. The molecule has 1 saturated heterocycles. The first-order valence-corrected chi connectivity index (χ1v) is 6.54. The van der Waals surface area contributed by atoms with Crippen molar-refractivity contribution in [3.8, 4) is 6.07 Å². The van der Waals surface area contributed by atoms with Gasteiger partial charge in [0.05, 0.1) is 5.25 Å². The van der Waals surface area contributed by atoms with Crippen LogP contribution in [0.2, 0.25) is 0 Å². The fourth-order valence-corrected chi connectivity index (χ4v) is 2.87. The van der Waals surface area contributed by atoms with E-state index in [1.807, 2.05) is 0 Å². The zero-order chi connectivity index (χ0) is 14.9. The highest BCUT2D eigenvalue weighted by atomic mass is 32.2. The summed E-state index contributed by atoms with van der Waals surface area (Å²) in [7, 11) is 0. The van der Waals surface area contributed by atoms with Crippen molar-refractivity contribution >= 4 is 29.3 Å². The standard InChI is InChI=1S/C13H10FN3O2S/c1-7-12(19)17(9-4-2-8(14)3-5-9)13(20-7)10(6-15)11(16)18/h2-5,7H,1H3,(H2,16,18)/b13-10-. The Kier molecular flexibility index (Phi) is 3.77. The quantitative estimate of drug-likeness (QED) is 0.661. The molecule has 0 spiro atoms. The van der Waals surface area contributed by atoms with E-state index < -0.39 is 17.0 Å². The lowest BCUT2D eigenvalue weighted by Crippen LogP contribution is -2.29. The van der Waals surface area contributed by atoms with Crippen molar-refractivity contribution in [1.29, 1.82) is 5.26 Å². The molecule has 1 aliphatic heterocycles. The van der Waals surface area contributed by atoms with Crippen LogP contribution in [0.4, 0.5) is 10.1 Å². The van der Waals surface area contributed by atoms with Gasteiger partial charge in [-0.1, -0.05) is 11.8 Å². The summed E-state index contributed by atoms with van der Waals surface area (Å²) in [6, 6.07) is 6.92. The van der Waals surface area contributed by atoms with Crippen LogP contribution in [0.3, 0.4) is 0 Å². The summed E-state index contributed by atoms with van der Waals surface area (Å²) in [5, 5.41) is 8.76. The predicted octanol–water partition coefficient (Wildman–Crippen LogP) is 1.51. The van der Waals surface area contributed by atoms with Gasteiger partial charge in [0.25, 0.3) is 5.91 Å². The summed E-state index contributed by atoms with van der Waals surface area (Å²) in [6.45, 7) is 1.66. The number of anilines is 1. The number of hydrogen-bond acceptors (Lipinski definition) is 4. The van der Waals surface area contributed by atoms with Crippen molar-refractivity contribution in [3.05, 3.63) is 40.7 Å². The molecule has 2 amide bonds. The fourth-order valence-electron chi connectivity index (χ4n) is 1.77. The third kappa shape index (κ3) is 2.38. The highest BCUT2D eigenvalue weighted by molar-refractivity contribution is 8.05. The number of nitrogens with zero attached hydrogens (tertiary/aromatic N) is 2. The molecular weight excluding hydrogens is 281 g/mol. The number of rotatable bonds is 2. The van der Waals surface area contributed by atoms with Crippen LogP contribution in [-0.4, -0.2) is 17.1 Å². The Morgan fingerprint density at radius 1 is 1.45 bits per heavy atom. The average molecular weight is 291 g/mol. The van der Waals surface area contributed by atoms with Gasteiger partial charge in [-0.15, -0.1) is 0 Å². The van der Waals surface area contributed by atoms with Crippen molar-refractivity contribution in [2.75, 3.05) is 4.90 Å². The van der Waals surface area contributed by atoms with Crippen molar-refractivity contribution in [2.24, 2.45) is 5.73 Å². The second kappa shape index (κ2) is 5.35. The van der Waals surface area contributed by atoms with E-state index in [2.05, 4.69) is 0 Å². The predicted molar refractivity (Wildman–Crippen MR) is 72.8 cm³/mol. The summed E-state index contributed by atoms with van der Waals surface area (Å²) < 4.78 is 13.0. The van der Waals surface area contributed by atoms with E-state index in [4.69, 9.17) is 11.0 Å². The minimum Gasteiger partial charge on any atom is -0.365 e. The number of carbonyl (C=O) groups is 2. The van der Waals surface area contributed by atoms with E-state index >= 15 is 0 Å². The molecule has 1 aromatic rings. The topological polar surface area (TPSA) is 87.2 Å². The van der Waals surface area contributed by atoms with Crippen LogP contribution in [0.5, 0.6) is 0 Å². The van der Waals surface area contributed by atoms with Gasteiger partial charge in [0, 0.05) is 5.69 Å². The molecule has 0 bridgehead atoms. The van der Waals surface area contributed by atoms with E-state index in [-0.39, 0.29) is 16.5 Å². The zero-order valence-electron chi connectivity index (χ0n) is 10.5. The van der Waals surface area contributed by atoms with Crippen LogP contribution >= 0.6 is 11.8 Å². The first-order chi connectivity index (χ1) is 9.45. The van der Waals surface area contributed by atoms with E-state index in [0.717, 1.165) is 11.8 Å². The van der Waals surface area contributed by atoms with E-state index in [1.54, 1.807) is 13.0 Å². The van der Waals surface area contributed by atoms with Gasteiger partial charge in [0.1, 0.15) is 22.5 Å². The van der Waals surface area contributed by atoms with Gasteiger partial charge in [0.2, 0.25) is 5.91 Å². The average Bonchev–Trinajstić information content (AvgIpc) is 2.68. The molecule has 102 valence electrons. The van der Waals surface area contributed by atoms with Gasteiger partial charge < -0.3 is 5.73 Å². The van der Waals surface area contributed by atoms with Gasteiger partial charge in [-0.2, -0.15) is 5.26 Å². The molecular formula is C13H10FN3O2S. The monoisotopic (exact) mass is 291 g/mol. The summed E-state index contributed by atoms with van der Waals surface area (Å²) >= 11 is 1.08. The lowest BCUT2D eigenvalue weighted by Gasteiger charge is -2.17. The number of nitrogens with two attached hydrogens (primary N) is 1. The molecule has 1 unspecified atom stereocenters. The highest BCUT2D eigenvalue weighted by Crippen LogP contribution is 2.40. The van der Waals surface area contributed by atoms with Crippen molar-refractivity contribution in [1.82, 2.24) is 0 Å². The normalized spacial score (nSPS) is 20.8. The molecule has 1 atom stereocenters. The molecule has 2 rings (SSSR count). The highest BCUT2D eigenvalue weighted by Gasteiger charge is 2.37. The molecule has 20 heavy (non-hydrogen) atoms. The minimum atomic E-state index is -0.899. The Balaban J connectivity index is 2.58. The molecule has 0 aliphatic carbocycles. The van der Waals surface area contributed by atoms with Gasteiger partial charge in [-0.05, 0) is 31.2 Å². The second-order valence-electron chi connectivity index (χ2n) is 4.07. The summed E-state index contributed by atoms with van der Waals surface area (Å²) in [5.41, 5.74) is 5.26. The lowest BCUT2D eigenvalue weighted by molar-refractivity contribution is -0.116. The van der Waals surface area contributed by atoms with E-state index in [9.17, 15) is 14.0 Å². The summed E-state index contributed by atoms with van der Waals surface area (Å²) in [5.74, 6) is -1.63. The van der Waals surface area contributed by atoms with Gasteiger partial charge in [-0.3, -0.25) is 14.5 Å². The number of hydrogen-bond donors (Lipinski definition) is 1. The Hall–Kier alpha value is -2.33. The molecule has 0 radical (unpaired) electrons. The van der Waals surface area contributed by atoms with Crippen molar-refractivity contribution in [2.45, 2.75) is 12.2 Å². The number of benzene rings is 1. The van der Waals surface area contributed by atoms with Crippen LogP contribution in [0.25, 0.3) is 0 Å². The zero-order valence-corrected chi connectivity index (χ0v) is 11.3.